The molecule has 3 N–H and O–H groups in total. The van der Waals surface area contributed by atoms with Crippen LogP contribution in [0.3, 0.4) is 0 Å². The lowest BCUT2D eigenvalue weighted by molar-refractivity contribution is 0.184. The van der Waals surface area contributed by atoms with E-state index in [1.807, 2.05) is 6.92 Å². The van der Waals surface area contributed by atoms with Gasteiger partial charge in [0.05, 0.1) is 6.61 Å². The Bertz CT molecular complexity index is 335. The monoisotopic (exact) mass is 230 g/mol. The van der Waals surface area contributed by atoms with Gasteiger partial charge in [0.1, 0.15) is 5.69 Å². The van der Waals surface area contributed by atoms with E-state index in [1.165, 1.54) is 0 Å². The average molecular weight is 230 g/mol. The number of hydrogen-bond donors (Lipinski definition) is 2. The van der Waals surface area contributed by atoms with E-state index in [0.717, 1.165) is 12.1 Å². The SMILES string of the molecule is CCC(COC)Nc1c(F)cc(N)cc1F. The van der Waals surface area contributed by atoms with Crippen LogP contribution in [0.5, 0.6) is 0 Å². The van der Waals surface area contributed by atoms with Crippen molar-refractivity contribution in [1.29, 1.82) is 0 Å². The molecule has 3 nitrogen and oxygen atoms in total. The van der Waals surface area contributed by atoms with Gasteiger partial charge >= 0.3 is 0 Å². The third-order valence-electron chi connectivity index (χ3n) is 2.27. The fraction of sp³-hybridized carbons (Fsp3) is 0.455. The number of benzene rings is 1. The van der Waals surface area contributed by atoms with Crippen LogP contribution in [0.2, 0.25) is 0 Å². The van der Waals surface area contributed by atoms with Crippen molar-refractivity contribution in [3.63, 3.8) is 0 Å². The minimum atomic E-state index is -0.688. The topological polar surface area (TPSA) is 47.3 Å². The molecule has 1 aromatic carbocycles. The first kappa shape index (κ1) is 12.7. The molecule has 0 aromatic heterocycles. The molecule has 0 aliphatic carbocycles. The molecule has 1 unspecified atom stereocenters. The van der Waals surface area contributed by atoms with Crippen molar-refractivity contribution in [3.05, 3.63) is 23.8 Å². The van der Waals surface area contributed by atoms with E-state index in [0.29, 0.717) is 13.0 Å². The molecule has 0 spiro atoms. The normalized spacial score (nSPS) is 12.5. The number of methoxy groups -OCH3 is 1. The van der Waals surface area contributed by atoms with Gasteiger partial charge in [-0.2, -0.15) is 0 Å². The zero-order valence-electron chi connectivity index (χ0n) is 9.39. The molecule has 0 saturated heterocycles. The second kappa shape index (κ2) is 5.65. The van der Waals surface area contributed by atoms with Gasteiger partial charge in [-0.15, -0.1) is 0 Å². The summed E-state index contributed by atoms with van der Waals surface area (Å²) < 4.78 is 31.8. The third-order valence-corrected chi connectivity index (χ3v) is 2.27. The standard InChI is InChI=1S/C11H16F2N2O/c1-3-8(6-16-2)15-11-9(12)4-7(14)5-10(11)13/h4-5,8,15H,3,6,14H2,1-2H3. The molecule has 0 radical (unpaired) electrons. The Labute approximate surface area is 93.6 Å². The molecule has 0 bridgehead atoms. The molecule has 0 amide bonds. The van der Waals surface area contributed by atoms with Gasteiger partial charge < -0.3 is 15.8 Å². The predicted molar refractivity (Wildman–Crippen MR) is 60.3 cm³/mol. The van der Waals surface area contributed by atoms with Crippen LogP contribution in [-0.4, -0.2) is 19.8 Å². The van der Waals surface area contributed by atoms with Crippen LogP contribution in [0.4, 0.5) is 20.2 Å². The molecule has 0 aliphatic rings. The first-order valence-corrected chi connectivity index (χ1v) is 5.08. The quantitative estimate of drug-likeness (QED) is 0.763. The number of anilines is 2. The molecule has 1 rings (SSSR count). The number of halogens is 2. The van der Waals surface area contributed by atoms with Crippen LogP contribution in [-0.2, 0) is 4.74 Å². The van der Waals surface area contributed by atoms with Crippen LogP contribution >= 0.6 is 0 Å². The molecule has 90 valence electrons. The number of ether oxygens (including phenoxy) is 1. The Morgan fingerprint density at radius 2 is 1.94 bits per heavy atom. The third kappa shape index (κ3) is 3.06. The molecule has 1 atom stereocenters. The number of hydrogen-bond acceptors (Lipinski definition) is 3. The second-order valence-electron chi connectivity index (χ2n) is 3.56. The summed E-state index contributed by atoms with van der Waals surface area (Å²) >= 11 is 0. The summed E-state index contributed by atoms with van der Waals surface area (Å²) in [6.07, 6.45) is 0.705. The lowest BCUT2D eigenvalue weighted by atomic mass is 10.2. The molecule has 5 heteroatoms. The maximum atomic E-state index is 13.4. The molecule has 0 aliphatic heterocycles. The highest BCUT2D eigenvalue weighted by atomic mass is 19.1. The van der Waals surface area contributed by atoms with Crippen LogP contribution in [0.15, 0.2) is 12.1 Å². The van der Waals surface area contributed by atoms with Gasteiger partial charge in [-0.05, 0) is 18.6 Å². The van der Waals surface area contributed by atoms with Gasteiger partial charge in [-0.25, -0.2) is 8.78 Å². The largest absolute Gasteiger partial charge is 0.399 e. The maximum absolute atomic E-state index is 13.4. The highest BCUT2D eigenvalue weighted by Gasteiger charge is 2.14. The van der Waals surface area contributed by atoms with E-state index in [4.69, 9.17) is 10.5 Å². The van der Waals surface area contributed by atoms with Gasteiger partial charge in [0.25, 0.3) is 0 Å². The Balaban J connectivity index is 2.87. The van der Waals surface area contributed by atoms with Crippen molar-refractivity contribution >= 4 is 11.4 Å². The summed E-state index contributed by atoms with van der Waals surface area (Å²) in [7, 11) is 1.54. The maximum Gasteiger partial charge on any atom is 0.151 e. The molecule has 1 aromatic rings. The first-order chi connectivity index (χ1) is 7.58. The second-order valence-corrected chi connectivity index (χ2v) is 3.56. The van der Waals surface area contributed by atoms with E-state index in [1.54, 1.807) is 7.11 Å². The summed E-state index contributed by atoms with van der Waals surface area (Å²) in [6, 6.07) is 2.05. The average Bonchev–Trinajstić information content (AvgIpc) is 2.21. The van der Waals surface area contributed by atoms with Gasteiger partial charge in [0, 0.05) is 18.8 Å². The zero-order valence-corrected chi connectivity index (χ0v) is 9.39. The van der Waals surface area contributed by atoms with Crippen molar-refractivity contribution in [1.82, 2.24) is 0 Å². The van der Waals surface area contributed by atoms with Crippen molar-refractivity contribution in [3.8, 4) is 0 Å². The fourth-order valence-electron chi connectivity index (χ4n) is 1.40. The summed E-state index contributed by atoms with van der Waals surface area (Å²) in [6.45, 7) is 2.30. The Hall–Kier alpha value is -1.36. The van der Waals surface area contributed by atoms with E-state index < -0.39 is 11.6 Å². The van der Waals surface area contributed by atoms with E-state index >= 15 is 0 Å². The van der Waals surface area contributed by atoms with Crippen LogP contribution < -0.4 is 11.1 Å². The summed E-state index contributed by atoms with van der Waals surface area (Å²) in [5.74, 6) is -1.38. The lowest BCUT2D eigenvalue weighted by Gasteiger charge is -2.18. The van der Waals surface area contributed by atoms with E-state index in [2.05, 4.69) is 5.32 Å². The molecule has 16 heavy (non-hydrogen) atoms. The number of nitrogens with one attached hydrogen (secondary N) is 1. The number of nitrogens with two attached hydrogens (primary N) is 1. The Kier molecular flexibility index (Phi) is 4.49. The highest BCUT2D eigenvalue weighted by molar-refractivity contribution is 5.54. The molecule has 0 fully saturated rings. The van der Waals surface area contributed by atoms with Crippen molar-refractivity contribution in [2.75, 3.05) is 24.8 Å². The summed E-state index contributed by atoms with van der Waals surface area (Å²) in [4.78, 5) is 0. The minimum absolute atomic E-state index is 0.0698. The van der Waals surface area contributed by atoms with Gasteiger partial charge in [0.2, 0.25) is 0 Å². The molecule has 0 heterocycles. The van der Waals surface area contributed by atoms with Crippen molar-refractivity contribution in [2.24, 2.45) is 0 Å². The summed E-state index contributed by atoms with van der Waals surface area (Å²) in [5.41, 5.74) is 5.23. The first-order valence-electron chi connectivity index (χ1n) is 5.08. The van der Waals surface area contributed by atoms with E-state index in [9.17, 15) is 8.78 Å². The van der Waals surface area contributed by atoms with Crippen LogP contribution in [0, 0.1) is 11.6 Å². The zero-order chi connectivity index (χ0) is 12.1. The minimum Gasteiger partial charge on any atom is -0.399 e. The fourth-order valence-corrected chi connectivity index (χ4v) is 1.40. The highest BCUT2D eigenvalue weighted by Crippen LogP contribution is 2.23. The van der Waals surface area contributed by atoms with Gasteiger partial charge in [-0.3, -0.25) is 0 Å². The molecular formula is C11H16F2N2O. The Morgan fingerprint density at radius 1 is 1.38 bits per heavy atom. The number of nitrogen functional groups attached to an aromatic ring is 1. The summed E-state index contributed by atoms with van der Waals surface area (Å²) in [5, 5.41) is 2.76. The van der Waals surface area contributed by atoms with Gasteiger partial charge in [0.15, 0.2) is 11.6 Å². The lowest BCUT2D eigenvalue weighted by Crippen LogP contribution is -2.25. The van der Waals surface area contributed by atoms with Crippen molar-refractivity contribution in [2.45, 2.75) is 19.4 Å². The Morgan fingerprint density at radius 3 is 2.38 bits per heavy atom. The van der Waals surface area contributed by atoms with Crippen molar-refractivity contribution < 1.29 is 13.5 Å². The van der Waals surface area contributed by atoms with Gasteiger partial charge in [-0.1, -0.05) is 6.92 Å². The van der Waals surface area contributed by atoms with Crippen LogP contribution in [0.1, 0.15) is 13.3 Å². The van der Waals surface area contributed by atoms with E-state index in [-0.39, 0.29) is 17.4 Å². The van der Waals surface area contributed by atoms with Crippen LogP contribution in [0.25, 0.3) is 0 Å². The molecular weight excluding hydrogens is 214 g/mol. The molecule has 0 saturated carbocycles. The smallest absolute Gasteiger partial charge is 0.151 e. The predicted octanol–water partition coefficient (Wildman–Crippen LogP) is 2.38. The number of rotatable bonds is 5.